The van der Waals surface area contributed by atoms with Gasteiger partial charge in [-0.05, 0) is 48.5 Å². The second-order valence-corrected chi connectivity index (χ2v) is 6.94. The first-order valence-electron chi connectivity index (χ1n) is 8.07. The molecule has 2 aliphatic heterocycles. The summed E-state index contributed by atoms with van der Waals surface area (Å²) in [7, 11) is 1.52. The van der Waals surface area contributed by atoms with E-state index in [0.29, 0.717) is 17.0 Å². The van der Waals surface area contributed by atoms with E-state index in [1.54, 1.807) is 48.5 Å². The van der Waals surface area contributed by atoms with E-state index in [1.807, 2.05) is 0 Å². The number of hydrogen-bond donors (Lipinski definition) is 0. The number of hydrogen-bond acceptors (Lipinski definition) is 6. The number of carbonyl (C=O) groups excluding carboxylic acids is 3. The summed E-state index contributed by atoms with van der Waals surface area (Å²) in [6, 6.07) is 13.2. The van der Waals surface area contributed by atoms with Crippen molar-refractivity contribution >= 4 is 44.9 Å². The van der Waals surface area contributed by atoms with Gasteiger partial charge in [0.1, 0.15) is 17.4 Å². The van der Waals surface area contributed by atoms with Crippen molar-refractivity contribution in [2.24, 2.45) is 11.1 Å². The first-order chi connectivity index (χ1) is 13.0. The van der Waals surface area contributed by atoms with Gasteiger partial charge >= 0.3 is 0 Å². The maximum absolute atomic E-state index is 12.9. The predicted molar refractivity (Wildman–Crippen MR) is 99.8 cm³/mol. The summed E-state index contributed by atoms with van der Waals surface area (Å²) < 4.78 is 5.89. The minimum atomic E-state index is -1.11. The zero-order chi connectivity index (χ0) is 19.1. The summed E-state index contributed by atoms with van der Waals surface area (Å²) in [5, 5.41) is 3.74. The number of fused-ring (bicyclic) bond motifs is 1. The maximum atomic E-state index is 12.9. The molecular weight excluding hydrogens is 416 g/mol. The second kappa shape index (κ2) is 6.62. The van der Waals surface area contributed by atoms with E-state index in [9.17, 15) is 14.4 Å². The van der Waals surface area contributed by atoms with Crippen molar-refractivity contribution in [3.05, 3.63) is 58.6 Å². The summed E-state index contributed by atoms with van der Waals surface area (Å²) in [4.78, 5) is 44.5. The van der Waals surface area contributed by atoms with Crippen molar-refractivity contribution in [3.63, 3.8) is 0 Å². The Labute approximate surface area is 162 Å². The smallest absolute Gasteiger partial charge is 0.278 e. The molecule has 27 heavy (non-hydrogen) atoms. The minimum Gasteiger partial charge on any atom is -0.497 e. The highest BCUT2D eigenvalue weighted by Crippen LogP contribution is 2.34. The quantitative estimate of drug-likeness (QED) is 0.551. The van der Waals surface area contributed by atoms with Crippen molar-refractivity contribution < 1.29 is 24.0 Å². The third-order valence-electron chi connectivity index (χ3n) is 4.48. The molecule has 2 aromatic rings. The van der Waals surface area contributed by atoms with Crippen LogP contribution < -0.4 is 9.64 Å². The number of ether oxygens (including phenoxy) is 1. The Morgan fingerprint density at radius 1 is 1.07 bits per heavy atom. The van der Waals surface area contributed by atoms with Gasteiger partial charge in [0.05, 0.1) is 12.8 Å². The molecule has 1 fully saturated rings. The van der Waals surface area contributed by atoms with Crippen molar-refractivity contribution in [1.29, 1.82) is 0 Å². The molecule has 0 N–H and O–H groups in total. The first kappa shape index (κ1) is 17.4. The number of nitrogens with zero attached hydrogens (tertiary/aromatic N) is 2. The molecule has 7 nitrogen and oxygen atoms in total. The molecule has 4 rings (SSSR count). The van der Waals surface area contributed by atoms with Crippen LogP contribution in [0.5, 0.6) is 5.75 Å². The van der Waals surface area contributed by atoms with E-state index in [4.69, 9.17) is 9.57 Å². The third-order valence-corrected chi connectivity index (χ3v) is 5.01. The molecule has 8 heteroatoms. The van der Waals surface area contributed by atoms with Gasteiger partial charge in [-0.15, -0.1) is 0 Å². The molecule has 136 valence electrons. The fraction of sp³-hybridized carbons (Fsp3) is 0.158. The Balaban J connectivity index is 1.63. The zero-order valence-corrected chi connectivity index (χ0v) is 15.7. The van der Waals surface area contributed by atoms with Crippen LogP contribution in [0.25, 0.3) is 0 Å². The summed E-state index contributed by atoms with van der Waals surface area (Å²) in [5.41, 5.74) is 0.687. The van der Waals surface area contributed by atoms with E-state index in [2.05, 4.69) is 21.1 Å². The number of oxime groups is 1. The Morgan fingerprint density at radius 2 is 1.74 bits per heavy atom. The van der Waals surface area contributed by atoms with Gasteiger partial charge in [0.25, 0.3) is 5.91 Å². The lowest BCUT2D eigenvalue weighted by Crippen LogP contribution is -2.34. The van der Waals surface area contributed by atoms with E-state index in [-0.39, 0.29) is 5.71 Å². The highest BCUT2D eigenvalue weighted by Gasteiger charge is 2.57. The Kier molecular flexibility index (Phi) is 4.27. The van der Waals surface area contributed by atoms with Crippen LogP contribution >= 0.6 is 15.9 Å². The number of carbonyl (C=O) groups is 3. The van der Waals surface area contributed by atoms with E-state index in [0.717, 1.165) is 9.37 Å². The molecule has 2 atom stereocenters. The molecule has 0 aliphatic carbocycles. The van der Waals surface area contributed by atoms with Crippen LogP contribution in [0.1, 0.15) is 10.4 Å². The number of imide groups is 1. The normalized spacial score (nSPS) is 21.0. The Morgan fingerprint density at radius 3 is 2.37 bits per heavy atom. The molecular formula is C19H13BrN2O5. The van der Waals surface area contributed by atoms with Gasteiger partial charge in [0.2, 0.25) is 17.8 Å². The molecule has 0 bridgehead atoms. The molecule has 2 aliphatic rings. The number of methoxy groups -OCH3 is 1. The summed E-state index contributed by atoms with van der Waals surface area (Å²) >= 11 is 3.31. The molecule has 1 saturated heterocycles. The van der Waals surface area contributed by atoms with Gasteiger partial charge in [0, 0.05) is 10.0 Å². The molecule has 0 saturated carbocycles. The first-order valence-corrected chi connectivity index (χ1v) is 8.86. The number of anilines is 1. The van der Waals surface area contributed by atoms with Gasteiger partial charge in [0.15, 0.2) is 0 Å². The average Bonchev–Trinajstić information content (AvgIpc) is 3.23. The lowest BCUT2D eigenvalue weighted by molar-refractivity contribution is -0.126. The molecule has 0 radical (unpaired) electrons. The minimum absolute atomic E-state index is 0.0665. The third kappa shape index (κ3) is 2.82. The van der Waals surface area contributed by atoms with E-state index >= 15 is 0 Å². The topological polar surface area (TPSA) is 85.3 Å². The Hall–Kier alpha value is -3.00. The van der Waals surface area contributed by atoms with Crippen LogP contribution in [-0.2, 0) is 14.4 Å². The van der Waals surface area contributed by atoms with Crippen LogP contribution in [-0.4, -0.2) is 36.5 Å². The SMILES string of the molecule is COc1ccc(C(=O)C2=NO[C@@H]3C(=O)N(c4ccc(Br)cc4)C(=O)[C@@H]23)cc1. The number of amides is 2. The number of rotatable bonds is 4. The van der Waals surface area contributed by atoms with Crippen molar-refractivity contribution in [2.45, 2.75) is 6.10 Å². The fourth-order valence-electron chi connectivity index (χ4n) is 3.10. The molecule has 2 amide bonds. The van der Waals surface area contributed by atoms with Gasteiger partial charge in [-0.1, -0.05) is 21.1 Å². The number of Topliss-reactive ketones (excluding diaryl/α,β-unsaturated/α-hetero) is 1. The maximum Gasteiger partial charge on any atom is 0.278 e. The predicted octanol–water partition coefficient (Wildman–Crippen LogP) is 2.58. The Bertz CT molecular complexity index is 969. The lowest BCUT2D eigenvalue weighted by Gasteiger charge is -2.15. The van der Waals surface area contributed by atoms with Crippen LogP contribution in [0.3, 0.4) is 0 Å². The standard InChI is InChI=1S/C19H13BrN2O5/c1-26-13-8-2-10(3-9-13)16(23)15-14-17(27-21-15)19(25)22(18(14)24)12-6-4-11(20)5-7-12/h2-9,14,17H,1H3/t14-,17-/m0/s1. The van der Waals surface area contributed by atoms with Gasteiger partial charge in [-0.2, -0.15) is 0 Å². The number of halogens is 1. The van der Waals surface area contributed by atoms with Crippen LogP contribution in [0, 0.1) is 5.92 Å². The summed E-state index contributed by atoms with van der Waals surface area (Å²) in [5.74, 6) is -1.96. The average molecular weight is 429 g/mol. The monoisotopic (exact) mass is 428 g/mol. The van der Waals surface area contributed by atoms with E-state index < -0.39 is 29.6 Å². The fourth-order valence-corrected chi connectivity index (χ4v) is 3.37. The largest absolute Gasteiger partial charge is 0.497 e. The van der Waals surface area contributed by atoms with E-state index in [1.165, 1.54) is 7.11 Å². The van der Waals surface area contributed by atoms with Crippen molar-refractivity contribution in [1.82, 2.24) is 0 Å². The molecule has 0 aromatic heterocycles. The highest BCUT2D eigenvalue weighted by molar-refractivity contribution is 9.10. The van der Waals surface area contributed by atoms with Crippen LogP contribution in [0.2, 0.25) is 0 Å². The van der Waals surface area contributed by atoms with Crippen LogP contribution in [0.4, 0.5) is 5.69 Å². The number of benzene rings is 2. The highest BCUT2D eigenvalue weighted by atomic mass is 79.9. The van der Waals surface area contributed by atoms with Gasteiger partial charge < -0.3 is 9.57 Å². The molecule has 2 aromatic carbocycles. The van der Waals surface area contributed by atoms with Gasteiger partial charge in [-0.3, -0.25) is 14.4 Å². The second-order valence-electron chi connectivity index (χ2n) is 6.03. The number of ketones is 1. The van der Waals surface area contributed by atoms with Crippen molar-refractivity contribution in [3.8, 4) is 5.75 Å². The summed E-state index contributed by atoms with van der Waals surface area (Å²) in [6.45, 7) is 0. The molecule has 0 spiro atoms. The molecule has 0 unspecified atom stereocenters. The van der Waals surface area contributed by atoms with Crippen molar-refractivity contribution in [2.75, 3.05) is 12.0 Å². The lowest BCUT2D eigenvalue weighted by atomic mass is 9.93. The zero-order valence-electron chi connectivity index (χ0n) is 14.1. The van der Waals surface area contributed by atoms with Crippen LogP contribution in [0.15, 0.2) is 58.2 Å². The van der Waals surface area contributed by atoms with Gasteiger partial charge in [-0.25, -0.2) is 4.90 Å². The summed E-state index contributed by atoms with van der Waals surface area (Å²) in [6.07, 6.45) is -1.11. The molecule has 2 heterocycles.